The maximum Gasteiger partial charge on any atom is 0.271 e. The highest BCUT2D eigenvalue weighted by Crippen LogP contribution is 2.17. The van der Waals surface area contributed by atoms with Gasteiger partial charge in [-0.15, -0.1) is 11.3 Å². The summed E-state index contributed by atoms with van der Waals surface area (Å²) in [5, 5.41) is 5.48. The second-order valence-corrected chi connectivity index (χ2v) is 6.08. The first-order valence-corrected chi connectivity index (χ1v) is 7.88. The highest BCUT2D eigenvalue weighted by Gasteiger charge is 2.12. The van der Waals surface area contributed by atoms with Crippen LogP contribution in [0.5, 0.6) is 0 Å². The maximum atomic E-state index is 12.2. The van der Waals surface area contributed by atoms with E-state index in [-0.39, 0.29) is 5.56 Å². The van der Waals surface area contributed by atoms with Crippen molar-refractivity contribution < 1.29 is 0 Å². The topological polar surface area (TPSA) is 46.9 Å². The monoisotopic (exact) mass is 277 g/mol. The standard InChI is InChI=1S/C14H19N3OS/c18-14-13-12(6-9-19-13)16-10-17(14)8-7-15-11-4-2-1-3-5-11/h6,9-11,15H,1-5,7-8H2. The Balaban J connectivity index is 1.61. The summed E-state index contributed by atoms with van der Waals surface area (Å²) >= 11 is 1.47. The van der Waals surface area contributed by atoms with Crippen LogP contribution in [-0.4, -0.2) is 22.1 Å². The van der Waals surface area contributed by atoms with Crippen LogP contribution in [0.15, 0.2) is 22.6 Å². The molecule has 1 aliphatic carbocycles. The zero-order valence-electron chi connectivity index (χ0n) is 11.0. The Morgan fingerprint density at radius 2 is 2.21 bits per heavy atom. The molecule has 1 saturated carbocycles. The quantitative estimate of drug-likeness (QED) is 0.933. The molecular weight excluding hydrogens is 258 g/mol. The smallest absolute Gasteiger partial charge is 0.271 e. The highest BCUT2D eigenvalue weighted by molar-refractivity contribution is 7.17. The van der Waals surface area contributed by atoms with Crippen LogP contribution in [0.1, 0.15) is 32.1 Å². The molecule has 0 bridgehead atoms. The van der Waals surface area contributed by atoms with Crippen LogP contribution in [0.2, 0.25) is 0 Å². The first-order valence-electron chi connectivity index (χ1n) is 7.00. The molecule has 5 heteroatoms. The van der Waals surface area contributed by atoms with Gasteiger partial charge in [0.05, 0.1) is 11.8 Å². The molecule has 0 unspecified atom stereocenters. The van der Waals surface area contributed by atoms with Gasteiger partial charge in [-0.2, -0.15) is 0 Å². The predicted molar refractivity (Wildman–Crippen MR) is 78.8 cm³/mol. The molecule has 2 heterocycles. The van der Waals surface area contributed by atoms with Crippen molar-refractivity contribution in [2.75, 3.05) is 6.54 Å². The van der Waals surface area contributed by atoms with E-state index in [1.54, 1.807) is 10.9 Å². The molecule has 102 valence electrons. The summed E-state index contributed by atoms with van der Waals surface area (Å²) in [6.07, 6.45) is 8.26. The Morgan fingerprint density at radius 1 is 1.37 bits per heavy atom. The number of nitrogens with zero attached hydrogens (tertiary/aromatic N) is 2. The lowest BCUT2D eigenvalue weighted by atomic mass is 9.95. The van der Waals surface area contributed by atoms with Gasteiger partial charge in [-0.3, -0.25) is 9.36 Å². The summed E-state index contributed by atoms with van der Waals surface area (Å²) in [5.74, 6) is 0. The van der Waals surface area contributed by atoms with E-state index in [9.17, 15) is 4.79 Å². The van der Waals surface area contributed by atoms with Crippen molar-refractivity contribution in [3.05, 3.63) is 28.1 Å². The van der Waals surface area contributed by atoms with Gasteiger partial charge in [-0.1, -0.05) is 19.3 Å². The number of hydrogen-bond acceptors (Lipinski definition) is 4. The van der Waals surface area contributed by atoms with Crippen molar-refractivity contribution in [2.24, 2.45) is 0 Å². The minimum Gasteiger partial charge on any atom is -0.312 e. The predicted octanol–water partition coefficient (Wildman–Crippen LogP) is 2.38. The second kappa shape index (κ2) is 5.84. The van der Waals surface area contributed by atoms with Crippen LogP contribution in [-0.2, 0) is 6.54 Å². The Kier molecular flexibility index (Phi) is 3.94. The van der Waals surface area contributed by atoms with Crippen LogP contribution < -0.4 is 10.9 Å². The average molecular weight is 277 g/mol. The Bertz CT molecular complexity index is 598. The molecule has 4 nitrogen and oxygen atoms in total. The minimum atomic E-state index is 0.0884. The third kappa shape index (κ3) is 2.87. The molecule has 1 fully saturated rings. The molecule has 0 radical (unpaired) electrons. The first kappa shape index (κ1) is 12.8. The van der Waals surface area contributed by atoms with Crippen molar-refractivity contribution in [1.82, 2.24) is 14.9 Å². The molecule has 0 spiro atoms. The fourth-order valence-corrected chi connectivity index (χ4v) is 3.53. The molecule has 2 aromatic rings. The van der Waals surface area contributed by atoms with Crippen molar-refractivity contribution >= 4 is 21.6 Å². The lowest BCUT2D eigenvalue weighted by Gasteiger charge is -2.22. The van der Waals surface area contributed by atoms with Gasteiger partial charge in [0.25, 0.3) is 5.56 Å². The van der Waals surface area contributed by atoms with E-state index in [0.29, 0.717) is 12.6 Å². The van der Waals surface area contributed by atoms with Crippen LogP contribution in [0.4, 0.5) is 0 Å². The zero-order chi connectivity index (χ0) is 13.1. The molecular formula is C14H19N3OS. The van der Waals surface area contributed by atoms with Crippen LogP contribution >= 0.6 is 11.3 Å². The van der Waals surface area contributed by atoms with Crippen LogP contribution in [0.25, 0.3) is 10.2 Å². The van der Waals surface area contributed by atoms with E-state index in [4.69, 9.17) is 0 Å². The van der Waals surface area contributed by atoms with Crippen molar-refractivity contribution in [2.45, 2.75) is 44.7 Å². The molecule has 3 rings (SSSR count). The fourth-order valence-electron chi connectivity index (χ4n) is 2.73. The Hall–Kier alpha value is -1.20. The van der Waals surface area contributed by atoms with Gasteiger partial charge in [-0.05, 0) is 24.3 Å². The summed E-state index contributed by atoms with van der Waals surface area (Å²) in [4.78, 5) is 16.5. The minimum absolute atomic E-state index is 0.0884. The summed E-state index contributed by atoms with van der Waals surface area (Å²) in [6, 6.07) is 2.54. The first-order chi connectivity index (χ1) is 9.34. The van der Waals surface area contributed by atoms with Crippen LogP contribution in [0, 0.1) is 0 Å². The number of rotatable bonds is 4. The van der Waals surface area contributed by atoms with Gasteiger partial charge in [-0.25, -0.2) is 4.98 Å². The molecule has 0 saturated heterocycles. The van der Waals surface area contributed by atoms with Crippen molar-refractivity contribution in [3.8, 4) is 0 Å². The molecule has 2 aromatic heterocycles. The molecule has 19 heavy (non-hydrogen) atoms. The molecule has 1 N–H and O–H groups in total. The summed E-state index contributed by atoms with van der Waals surface area (Å²) in [7, 11) is 0. The number of aromatic nitrogens is 2. The SMILES string of the molecule is O=c1c2sccc2ncn1CCNC1CCCCC1. The number of nitrogens with one attached hydrogen (secondary N) is 1. The lowest BCUT2D eigenvalue weighted by molar-refractivity contribution is 0.367. The third-order valence-corrected chi connectivity index (χ3v) is 4.72. The summed E-state index contributed by atoms with van der Waals surface area (Å²) < 4.78 is 2.48. The third-order valence-electron chi connectivity index (χ3n) is 3.83. The van der Waals surface area contributed by atoms with E-state index in [0.717, 1.165) is 16.8 Å². The van der Waals surface area contributed by atoms with E-state index < -0.39 is 0 Å². The fraction of sp³-hybridized carbons (Fsp3) is 0.571. The van der Waals surface area contributed by atoms with Crippen molar-refractivity contribution in [3.63, 3.8) is 0 Å². The number of hydrogen-bond donors (Lipinski definition) is 1. The number of thiophene rings is 1. The molecule has 0 aliphatic heterocycles. The summed E-state index contributed by atoms with van der Waals surface area (Å²) in [6.45, 7) is 1.55. The number of fused-ring (bicyclic) bond motifs is 1. The van der Waals surface area contributed by atoms with E-state index >= 15 is 0 Å². The van der Waals surface area contributed by atoms with Gasteiger partial charge in [0, 0.05) is 19.1 Å². The Labute approximate surface area is 116 Å². The normalized spacial score (nSPS) is 17.1. The largest absolute Gasteiger partial charge is 0.312 e. The van der Waals surface area contributed by atoms with E-state index in [1.165, 1.54) is 43.4 Å². The maximum absolute atomic E-state index is 12.2. The molecule has 0 atom stereocenters. The van der Waals surface area contributed by atoms with E-state index in [1.807, 2.05) is 11.4 Å². The van der Waals surface area contributed by atoms with Crippen molar-refractivity contribution in [1.29, 1.82) is 0 Å². The average Bonchev–Trinajstić information content (AvgIpc) is 2.92. The zero-order valence-corrected chi connectivity index (χ0v) is 11.8. The van der Waals surface area contributed by atoms with Gasteiger partial charge >= 0.3 is 0 Å². The molecule has 0 amide bonds. The second-order valence-electron chi connectivity index (χ2n) is 5.17. The van der Waals surface area contributed by atoms with Gasteiger partial charge in [0.2, 0.25) is 0 Å². The molecule has 0 aromatic carbocycles. The Morgan fingerprint density at radius 3 is 3.05 bits per heavy atom. The lowest BCUT2D eigenvalue weighted by Crippen LogP contribution is -2.35. The van der Waals surface area contributed by atoms with Crippen LogP contribution in [0.3, 0.4) is 0 Å². The van der Waals surface area contributed by atoms with Gasteiger partial charge in [0.1, 0.15) is 4.70 Å². The van der Waals surface area contributed by atoms with E-state index in [2.05, 4.69) is 10.3 Å². The molecule has 1 aliphatic rings. The van der Waals surface area contributed by atoms with Gasteiger partial charge in [0.15, 0.2) is 0 Å². The van der Waals surface area contributed by atoms with Gasteiger partial charge < -0.3 is 5.32 Å². The summed E-state index contributed by atoms with van der Waals surface area (Å²) in [5.41, 5.74) is 0.900. The highest BCUT2D eigenvalue weighted by atomic mass is 32.1.